The maximum atomic E-state index is 11.1. The van der Waals surface area contributed by atoms with Crippen molar-refractivity contribution in [2.75, 3.05) is 13.7 Å². The third-order valence-electron chi connectivity index (χ3n) is 2.38. The van der Waals surface area contributed by atoms with Crippen molar-refractivity contribution in [2.45, 2.75) is 26.9 Å². The smallest absolute Gasteiger partial charge is 0.333 e. The lowest BCUT2D eigenvalue weighted by atomic mass is 10.3. The third-order valence-corrected chi connectivity index (χ3v) is 2.38. The van der Waals surface area contributed by atoms with Gasteiger partial charge in [0.05, 0.1) is 13.7 Å². The predicted molar refractivity (Wildman–Crippen MR) is 63.2 cm³/mol. The van der Waals surface area contributed by atoms with Crippen molar-refractivity contribution in [3.05, 3.63) is 23.8 Å². The van der Waals surface area contributed by atoms with E-state index in [4.69, 9.17) is 0 Å². The van der Waals surface area contributed by atoms with Crippen molar-refractivity contribution in [2.24, 2.45) is 0 Å². The van der Waals surface area contributed by atoms with E-state index in [-0.39, 0.29) is 5.97 Å². The Hall–Kier alpha value is -1.69. The van der Waals surface area contributed by atoms with Gasteiger partial charge in [0.2, 0.25) is 0 Å². The van der Waals surface area contributed by atoms with Gasteiger partial charge in [-0.1, -0.05) is 6.08 Å². The third kappa shape index (κ3) is 3.99. The lowest BCUT2D eigenvalue weighted by Crippen LogP contribution is -2.17. The molecule has 0 spiro atoms. The molecule has 0 amide bonds. The molecule has 0 fully saturated rings. The van der Waals surface area contributed by atoms with Crippen molar-refractivity contribution in [3.8, 4) is 0 Å². The molecule has 0 aliphatic rings. The molecule has 1 heterocycles. The van der Waals surface area contributed by atoms with Gasteiger partial charge >= 0.3 is 5.97 Å². The second-order valence-corrected chi connectivity index (χ2v) is 3.54. The van der Waals surface area contributed by atoms with Crippen LogP contribution in [0, 0.1) is 0 Å². The summed E-state index contributed by atoms with van der Waals surface area (Å²) in [7, 11) is 1.37. The highest BCUT2D eigenvalue weighted by atomic mass is 16.5. The Labute approximate surface area is 101 Å². The van der Waals surface area contributed by atoms with Crippen LogP contribution >= 0.6 is 0 Å². The number of rotatable bonds is 6. The second-order valence-electron chi connectivity index (χ2n) is 3.54. The number of nitrogens with one attached hydrogen (secondary N) is 1. The minimum Gasteiger partial charge on any atom is -0.466 e. The molecule has 0 saturated carbocycles. The highest BCUT2D eigenvalue weighted by Crippen LogP contribution is 1.96. The number of methoxy groups -OCH3 is 1. The Bertz CT molecular complexity index is 398. The number of carbonyl (C=O) groups excluding carboxylic acids is 1. The molecule has 0 aliphatic heterocycles. The van der Waals surface area contributed by atoms with Crippen LogP contribution in [0.15, 0.2) is 18.0 Å². The topological polar surface area (TPSA) is 69.0 Å². The lowest BCUT2D eigenvalue weighted by Gasteiger charge is -2.04. The summed E-state index contributed by atoms with van der Waals surface area (Å²) in [5.41, 5.74) is 0.594. The van der Waals surface area contributed by atoms with E-state index in [9.17, 15) is 4.79 Å². The molecule has 1 aromatic heterocycles. The zero-order chi connectivity index (χ0) is 12.7. The van der Waals surface area contributed by atoms with E-state index in [2.05, 4.69) is 20.3 Å². The molecule has 6 nitrogen and oxygen atoms in total. The number of hydrogen-bond donors (Lipinski definition) is 1. The van der Waals surface area contributed by atoms with E-state index in [1.807, 2.05) is 11.5 Å². The van der Waals surface area contributed by atoms with Crippen molar-refractivity contribution < 1.29 is 9.53 Å². The second kappa shape index (κ2) is 6.80. The van der Waals surface area contributed by atoms with Crippen LogP contribution in [0.5, 0.6) is 0 Å². The summed E-state index contributed by atoms with van der Waals surface area (Å²) in [6.45, 7) is 5.83. The predicted octanol–water partition coefficient (Wildman–Crippen LogP) is 0.507. The number of aryl methyl sites for hydroxylation is 1. The zero-order valence-corrected chi connectivity index (χ0v) is 10.4. The SMILES string of the molecule is CCn1cnnc1CNC/C=C(/C)C(=O)OC. The summed E-state index contributed by atoms with van der Waals surface area (Å²) in [6, 6.07) is 0. The highest BCUT2D eigenvalue weighted by molar-refractivity contribution is 5.87. The summed E-state index contributed by atoms with van der Waals surface area (Å²) in [5.74, 6) is 0.583. The van der Waals surface area contributed by atoms with Crippen LogP contribution in [-0.2, 0) is 22.6 Å². The van der Waals surface area contributed by atoms with Crippen LogP contribution in [-0.4, -0.2) is 34.4 Å². The van der Waals surface area contributed by atoms with E-state index in [0.717, 1.165) is 12.4 Å². The molecule has 1 rings (SSSR count). The van der Waals surface area contributed by atoms with Gasteiger partial charge in [-0.25, -0.2) is 4.79 Å². The van der Waals surface area contributed by atoms with E-state index in [1.54, 1.807) is 19.3 Å². The average molecular weight is 238 g/mol. The van der Waals surface area contributed by atoms with Crippen LogP contribution in [0.25, 0.3) is 0 Å². The molecular weight excluding hydrogens is 220 g/mol. The quantitative estimate of drug-likeness (QED) is 0.444. The molecule has 0 atom stereocenters. The van der Waals surface area contributed by atoms with Gasteiger partial charge < -0.3 is 14.6 Å². The van der Waals surface area contributed by atoms with Gasteiger partial charge in [-0.05, 0) is 13.8 Å². The Balaban J connectivity index is 2.36. The Morgan fingerprint density at radius 1 is 1.65 bits per heavy atom. The number of nitrogens with zero attached hydrogens (tertiary/aromatic N) is 3. The number of ether oxygens (including phenoxy) is 1. The number of hydrogen-bond acceptors (Lipinski definition) is 5. The molecule has 0 saturated heterocycles. The first-order chi connectivity index (χ1) is 8.19. The largest absolute Gasteiger partial charge is 0.466 e. The van der Waals surface area contributed by atoms with E-state index < -0.39 is 0 Å². The van der Waals surface area contributed by atoms with Crippen molar-refractivity contribution in [3.63, 3.8) is 0 Å². The van der Waals surface area contributed by atoms with Crippen molar-refractivity contribution >= 4 is 5.97 Å². The maximum Gasteiger partial charge on any atom is 0.333 e. The Morgan fingerprint density at radius 2 is 2.41 bits per heavy atom. The summed E-state index contributed by atoms with van der Waals surface area (Å²) >= 11 is 0. The summed E-state index contributed by atoms with van der Waals surface area (Å²) in [5, 5.41) is 11.0. The Kier molecular flexibility index (Phi) is 5.35. The molecule has 0 bridgehead atoms. The van der Waals surface area contributed by atoms with E-state index in [1.165, 1.54) is 7.11 Å². The van der Waals surface area contributed by atoms with Crippen LogP contribution in [0.4, 0.5) is 0 Å². The fourth-order valence-corrected chi connectivity index (χ4v) is 1.33. The van der Waals surface area contributed by atoms with Crippen LogP contribution in [0.3, 0.4) is 0 Å². The number of carbonyl (C=O) groups is 1. The van der Waals surface area contributed by atoms with Gasteiger partial charge in [0.1, 0.15) is 12.2 Å². The Morgan fingerprint density at radius 3 is 3.06 bits per heavy atom. The van der Waals surface area contributed by atoms with Crippen LogP contribution < -0.4 is 5.32 Å². The summed E-state index contributed by atoms with van der Waals surface area (Å²) in [4.78, 5) is 11.1. The lowest BCUT2D eigenvalue weighted by molar-refractivity contribution is -0.136. The molecule has 6 heteroatoms. The van der Waals surface area contributed by atoms with Crippen molar-refractivity contribution in [1.82, 2.24) is 20.1 Å². The van der Waals surface area contributed by atoms with Gasteiger partial charge in [0, 0.05) is 18.7 Å². The fourth-order valence-electron chi connectivity index (χ4n) is 1.33. The summed E-state index contributed by atoms with van der Waals surface area (Å²) < 4.78 is 6.55. The molecule has 0 aliphatic carbocycles. The van der Waals surface area contributed by atoms with Gasteiger partial charge in [0.25, 0.3) is 0 Å². The van der Waals surface area contributed by atoms with Gasteiger partial charge in [-0.3, -0.25) is 0 Å². The number of esters is 1. The zero-order valence-electron chi connectivity index (χ0n) is 10.4. The van der Waals surface area contributed by atoms with Gasteiger partial charge in [-0.2, -0.15) is 0 Å². The van der Waals surface area contributed by atoms with Crippen LogP contribution in [0.1, 0.15) is 19.7 Å². The minimum atomic E-state index is -0.302. The molecular formula is C11H18N4O2. The fraction of sp³-hybridized carbons (Fsp3) is 0.545. The first-order valence-corrected chi connectivity index (χ1v) is 5.51. The normalized spacial score (nSPS) is 11.6. The molecule has 0 radical (unpaired) electrons. The van der Waals surface area contributed by atoms with E-state index >= 15 is 0 Å². The van der Waals surface area contributed by atoms with Gasteiger partial charge in [-0.15, -0.1) is 10.2 Å². The molecule has 0 aromatic carbocycles. The van der Waals surface area contributed by atoms with Crippen molar-refractivity contribution in [1.29, 1.82) is 0 Å². The highest BCUT2D eigenvalue weighted by Gasteiger charge is 2.03. The molecule has 17 heavy (non-hydrogen) atoms. The molecule has 1 N–H and O–H groups in total. The van der Waals surface area contributed by atoms with Gasteiger partial charge in [0.15, 0.2) is 0 Å². The molecule has 1 aromatic rings. The first-order valence-electron chi connectivity index (χ1n) is 5.51. The first kappa shape index (κ1) is 13.4. The maximum absolute atomic E-state index is 11.1. The molecule has 0 unspecified atom stereocenters. The summed E-state index contributed by atoms with van der Waals surface area (Å²) in [6.07, 6.45) is 3.49. The monoisotopic (exact) mass is 238 g/mol. The minimum absolute atomic E-state index is 0.302. The molecule has 94 valence electrons. The number of aromatic nitrogens is 3. The van der Waals surface area contributed by atoms with Crippen LogP contribution in [0.2, 0.25) is 0 Å². The standard InChI is InChI=1S/C11H18N4O2/c1-4-15-8-13-14-10(15)7-12-6-5-9(2)11(16)17-3/h5,8,12H,4,6-7H2,1-3H3/b9-5-. The van der Waals surface area contributed by atoms with E-state index in [0.29, 0.717) is 18.7 Å². The average Bonchev–Trinajstić information content (AvgIpc) is 2.80.